The molecule has 0 unspecified atom stereocenters. The zero-order valence-electron chi connectivity index (χ0n) is 26.2. The van der Waals surface area contributed by atoms with Gasteiger partial charge in [0, 0.05) is 48.7 Å². The van der Waals surface area contributed by atoms with Crippen LogP contribution in [0.2, 0.25) is 0 Å². The Morgan fingerprint density at radius 1 is 0.830 bits per heavy atom. The smallest absolute Gasteiger partial charge is 0.224 e. The minimum Gasteiger partial charge on any atom is -0.397 e. The van der Waals surface area contributed by atoms with Gasteiger partial charge in [-0.15, -0.1) is 0 Å². The first-order valence-electron chi connectivity index (χ1n) is 15.9. The largest absolute Gasteiger partial charge is 0.397 e. The summed E-state index contributed by atoms with van der Waals surface area (Å²) in [7, 11) is 0. The van der Waals surface area contributed by atoms with E-state index in [0.29, 0.717) is 47.2 Å². The number of carbonyl (C=O) groups is 2. The van der Waals surface area contributed by atoms with E-state index in [4.69, 9.17) is 15.2 Å². The number of para-hydroxylation sites is 2. The zero-order chi connectivity index (χ0) is 32.8. The number of hydrogen-bond donors (Lipinski definition) is 4. The van der Waals surface area contributed by atoms with E-state index < -0.39 is 6.29 Å². The molecule has 5 N–H and O–H groups in total. The third kappa shape index (κ3) is 10.6. The molecule has 1 aromatic heterocycles. The molecule has 3 aromatic carbocycles. The van der Waals surface area contributed by atoms with E-state index in [0.717, 1.165) is 42.4 Å². The van der Waals surface area contributed by atoms with Gasteiger partial charge in [-0.3, -0.25) is 9.59 Å². The number of anilines is 3. The van der Waals surface area contributed by atoms with Gasteiger partial charge in [-0.1, -0.05) is 73.1 Å². The number of nitrogen functional groups attached to an aromatic ring is 1. The lowest BCUT2D eigenvalue weighted by Gasteiger charge is -2.36. The summed E-state index contributed by atoms with van der Waals surface area (Å²) in [5.74, 6) is 0.522. The second-order valence-corrected chi connectivity index (χ2v) is 12.4. The second kappa shape index (κ2) is 17.6. The first kappa shape index (κ1) is 34.1. The quantitative estimate of drug-likeness (QED) is 0.0469. The average Bonchev–Trinajstić information content (AvgIpc) is 3.10. The Kier molecular flexibility index (Phi) is 12.7. The average molecular weight is 656 g/mol. The second-order valence-electron chi connectivity index (χ2n) is 11.4. The summed E-state index contributed by atoms with van der Waals surface area (Å²) >= 11 is 1.54. The standard InChI is InChI=1S/C36H41N5O5S/c37-30-11-5-6-12-31(30)41-34(44)14-4-2-1-3-13-33(43)40-28-10-7-9-27(21-28)35-45-29(24-47-36-38-19-8-20-39-36)22-32(46-35)26-17-15-25(23-42)16-18-26/h5-12,15-21,29,32,35,42H,1-4,13-14,22-24,37H2,(H,40,43)(H,41,44)/t29-,32+,35+/m0/s1. The van der Waals surface area contributed by atoms with Crippen molar-refractivity contribution < 1.29 is 24.2 Å². The third-order valence-corrected chi connectivity index (χ3v) is 8.80. The molecule has 4 aromatic rings. The van der Waals surface area contributed by atoms with Crippen LogP contribution in [0.4, 0.5) is 17.1 Å². The predicted molar refractivity (Wildman–Crippen MR) is 183 cm³/mol. The maximum Gasteiger partial charge on any atom is 0.224 e. The van der Waals surface area contributed by atoms with Gasteiger partial charge in [0.15, 0.2) is 11.4 Å². The van der Waals surface area contributed by atoms with Crippen LogP contribution in [0.1, 0.15) is 74.0 Å². The van der Waals surface area contributed by atoms with E-state index in [1.165, 1.54) is 11.8 Å². The number of benzene rings is 3. The van der Waals surface area contributed by atoms with Gasteiger partial charge in [-0.05, 0) is 54.3 Å². The van der Waals surface area contributed by atoms with Gasteiger partial charge in [-0.2, -0.15) is 0 Å². The summed E-state index contributed by atoms with van der Waals surface area (Å²) in [4.78, 5) is 33.6. The van der Waals surface area contributed by atoms with Gasteiger partial charge in [0.2, 0.25) is 11.8 Å². The van der Waals surface area contributed by atoms with E-state index in [1.54, 1.807) is 30.6 Å². The molecule has 10 nitrogen and oxygen atoms in total. The number of aromatic nitrogens is 2. The highest BCUT2D eigenvalue weighted by Gasteiger charge is 2.32. The molecule has 0 bridgehead atoms. The number of rotatable bonds is 15. The summed E-state index contributed by atoms with van der Waals surface area (Å²) in [6.07, 6.45) is 7.09. The van der Waals surface area contributed by atoms with Gasteiger partial charge >= 0.3 is 0 Å². The van der Waals surface area contributed by atoms with Crippen LogP contribution in [-0.4, -0.2) is 38.7 Å². The summed E-state index contributed by atoms with van der Waals surface area (Å²) in [5, 5.41) is 16.0. The molecule has 2 heterocycles. The van der Waals surface area contributed by atoms with Crippen LogP contribution < -0.4 is 16.4 Å². The molecule has 246 valence electrons. The zero-order valence-corrected chi connectivity index (χ0v) is 27.0. The van der Waals surface area contributed by atoms with Crippen LogP contribution >= 0.6 is 11.8 Å². The van der Waals surface area contributed by atoms with Gasteiger partial charge < -0.3 is 30.9 Å². The van der Waals surface area contributed by atoms with Gasteiger partial charge in [0.1, 0.15) is 0 Å². The summed E-state index contributed by atoms with van der Waals surface area (Å²) < 4.78 is 12.9. The van der Waals surface area contributed by atoms with Crippen LogP contribution in [-0.2, 0) is 25.7 Å². The highest BCUT2D eigenvalue weighted by Crippen LogP contribution is 2.39. The van der Waals surface area contributed by atoms with E-state index in [-0.39, 0.29) is 30.6 Å². The number of amides is 2. The number of unbranched alkanes of at least 4 members (excludes halogenated alkanes) is 3. The van der Waals surface area contributed by atoms with Crippen LogP contribution in [0.25, 0.3) is 0 Å². The number of hydrogen-bond acceptors (Lipinski definition) is 9. The lowest BCUT2D eigenvalue weighted by atomic mass is 10.0. The Hall–Kier alpha value is -4.29. The highest BCUT2D eigenvalue weighted by molar-refractivity contribution is 7.99. The number of carbonyl (C=O) groups excluding carboxylic acids is 2. The molecule has 0 radical (unpaired) electrons. The van der Waals surface area contributed by atoms with E-state index in [2.05, 4.69) is 20.6 Å². The lowest BCUT2D eigenvalue weighted by Crippen LogP contribution is -2.31. The van der Waals surface area contributed by atoms with Crippen LogP contribution in [0.15, 0.2) is 96.4 Å². The van der Waals surface area contributed by atoms with Gasteiger partial charge in [0.25, 0.3) is 0 Å². The molecule has 47 heavy (non-hydrogen) atoms. The van der Waals surface area contributed by atoms with Gasteiger partial charge in [0.05, 0.1) is 30.2 Å². The molecular weight excluding hydrogens is 614 g/mol. The maximum atomic E-state index is 12.8. The molecule has 5 rings (SSSR count). The van der Waals surface area contributed by atoms with Crippen molar-refractivity contribution in [2.45, 2.75) is 75.2 Å². The number of nitrogens with zero attached hydrogens (tertiary/aromatic N) is 2. The number of ether oxygens (including phenoxy) is 2. The third-order valence-electron chi connectivity index (χ3n) is 7.79. The Balaban J connectivity index is 1.11. The fourth-order valence-electron chi connectivity index (χ4n) is 5.28. The number of nitrogens with two attached hydrogens (primary N) is 1. The molecule has 1 aliphatic heterocycles. The van der Waals surface area contributed by atoms with Crippen LogP contribution in [0, 0.1) is 0 Å². The first-order chi connectivity index (χ1) is 23.0. The predicted octanol–water partition coefficient (Wildman–Crippen LogP) is 6.81. The topological polar surface area (TPSA) is 149 Å². The number of nitrogens with one attached hydrogen (secondary N) is 2. The van der Waals surface area contributed by atoms with Crippen molar-refractivity contribution in [3.63, 3.8) is 0 Å². The van der Waals surface area contributed by atoms with Crippen LogP contribution in [0.3, 0.4) is 0 Å². The van der Waals surface area contributed by atoms with Crippen molar-refractivity contribution in [3.05, 3.63) is 108 Å². The number of aliphatic hydroxyl groups is 1. The van der Waals surface area contributed by atoms with E-state index in [9.17, 15) is 14.7 Å². The minimum absolute atomic E-state index is 0.0173. The fourth-order valence-corrected chi connectivity index (χ4v) is 6.11. The normalized spacial score (nSPS) is 17.6. The fraction of sp³-hybridized carbons (Fsp3) is 0.333. The van der Waals surface area contributed by atoms with Crippen molar-refractivity contribution in [1.82, 2.24) is 9.97 Å². The molecule has 11 heteroatoms. The Morgan fingerprint density at radius 2 is 1.55 bits per heavy atom. The van der Waals surface area contributed by atoms with Crippen molar-refractivity contribution in [1.29, 1.82) is 0 Å². The first-order valence-corrected chi connectivity index (χ1v) is 16.9. The molecule has 0 saturated carbocycles. The molecular formula is C36H41N5O5S. The summed E-state index contributed by atoms with van der Waals surface area (Å²) in [6.45, 7) is -0.0173. The molecule has 2 amide bonds. The summed E-state index contributed by atoms with van der Waals surface area (Å²) in [5.41, 5.74) is 10.4. The lowest BCUT2D eigenvalue weighted by molar-refractivity contribution is -0.245. The van der Waals surface area contributed by atoms with E-state index >= 15 is 0 Å². The van der Waals surface area contributed by atoms with Gasteiger partial charge in [-0.25, -0.2) is 9.97 Å². The Labute approximate surface area is 279 Å². The van der Waals surface area contributed by atoms with Crippen molar-refractivity contribution in [3.8, 4) is 0 Å². The molecule has 1 aliphatic rings. The maximum absolute atomic E-state index is 12.8. The minimum atomic E-state index is -0.638. The molecule has 3 atom stereocenters. The Morgan fingerprint density at radius 3 is 2.28 bits per heavy atom. The molecule has 1 saturated heterocycles. The molecule has 0 spiro atoms. The van der Waals surface area contributed by atoms with Crippen molar-refractivity contribution in [2.24, 2.45) is 0 Å². The van der Waals surface area contributed by atoms with E-state index in [1.807, 2.05) is 60.7 Å². The molecule has 1 fully saturated rings. The van der Waals surface area contributed by atoms with Crippen molar-refractivity contribution >= 4 is 40.6 Å². The Bertz CT molecular complexity index is 1590. The van der Waals surface area contributed by atoms with Crippen molar-refractivity contribution in [2.75, 3.05) is 22.1 Å². The molecule has 0 aliphatic carbocycles. The number of thioether (sulfide) groups is 1. The highest BCUT2D eigenvalue weighted by atomic mass is 32.2. The summed E-state index contributed by atoms with van der Waals surface area (Å²) in [6, 6.07) is 24.3. The SMILES string of the molecule is Nc1ccccc1NC(=O)CCCCCCC(=O)Nc1cccc([C@@H]2O[C@H](CSc3ncccn3)C[C@H](c3ccc(CO)cc3)O2)c1. The monoisotopic (exact) mass is 655 g/mol. The van der Waals surface area contributed by atoms with Crippen LogP contribution in [0.5, 0.6) is 0 Å². The number of aliphatic hydroxyl groups excluding tert-OH is 1.